The van der Waals surface area contributed by atoms with Crippen LogP contribution in [0.15, 0.2) is 47.4 Å². The van der Waals surface area contributed by atoms with Crippen LogP contribution in [0.4, 0.5) is 10.5 Å². The van der Waals surface area contributed by atoms with Gasteiger partial charge in [-0.2, -0.15) is 0 Å². The molecule has 8 heteroatoms. The highest BCUT2D eigenvalue weighted by molar-refractivity contribution is 8.13. The summed E-state index contributed by atoms with van der Waals surface area (Å²) < 4.78 is 15.9. The molecule has 0 bridgehead atoms. The molecule has 7 nitrogen and oxygen atoms in total. The molecule has 1 N–H and O–H groups in total. The average molecular weight is 416 g/mol. The molecule has 0 radical (unpaired) electrons. The first-order valence-electron chi connectivity index (χ1n) is 8.66. The average Bonchev–Trinajstić information content (AvgIpc) is 2.72. The van der Waals surface area contributed by atoms with Crippen LogP contribution in [-0.2, 0) is 4.79 Å². The molecule has 0 spiro atoms. The topological polar surface area (TPSA) is 77.1 Å². The minimum atomic E-state index is -0.288. The Labute approximate surface area is 174 Å². The van der Waals surface area contributed by atoms with E-state index in [-0.39, 0.29) is 11.1 Å². The lowest BCUT2D eigenvalue weighted by molar-refractivity contribution is -0.111. The van der Waals surface area contributed by atoms with Gasteiger partial charge >= 0.3 is 0 Å². The summed E-state index contributed by atoms with van der Waals surface area (Å²) in [6.07, 6.45) is 3.07. The summed E-state index contributed by atoms with van der Waals surface area (Å²) >= 11 is 1.12. The number of carbonyl (C=O) groups excluding carboxylic acids is 2. The number of rotatable bonds is 7. The summed E-state index contributed by atoms with van der Waals surface area (Å²) in [4.78, 5) is 26.2. The van der Waals surface area contributed by atoms with E-state index in [2.05, 4.69) is 5.32 Å². The second-order valence-electron chi connectivity index (χ2n) is 6.07. The number of nitrogens with zero attached hydrogens (tertiary/aromatic N) is 1. The molecule has 0 saturated heterocycles. The quantitative estimate of drug-likeness (QED) is 0.540. The van der Waals surface area contributed by atoms with Crippen LogP contribution in [-0.4, -0.2) is 51.5 Å². The minimum Gasteiger partial charge on any atom is -0.493 e. The highest BCUT2D eigenvalue weighted by atomic mass is 32.2. The van der Waals surface area contributed by atoms with Crippen LogP contribution < -0.4 is 19.5 Å². The van der Waals surface area contributed by atoms with Crippen LogP contribution in [0.25, 0.3) is 6.08 Å². The van der Waals surface area contributed by atoms with Gasteiger partial charge in [0.1, 0.15) is 0 Å². The maximum Gasteiger partial charge on any atom is 0.285 e. The minimum absolute atomic E-state index is 0.0601. The van der Waals surface area contributed by atoms with Gasteiger partial charge in [-0.15, -0.1) is 0 Å². The van der Waals surface area contributed by atoms with Crippen LogP contribution in [0.1, 0.15) is 5.56 Å². The van der Waals surface area contributed by atoms with Crippen molar-refractivity contribution in [2.75, 3.05) is 40.7 Å². The van der Waals surface area contributed by atoms with Gasteiger partial charge in [-0.05, 0) is 59.8 Å². The molecular weight excluding hydrogens is 392 g/mol. The van der Waals surface area contributed by atoms with Gasteiger partial charge in [0, 0.05) is 30.8 Å². The Bertz CT molecular complexity index is 869. The molecule has 29 heavy (non-hydrogen) atoms. The van der Waals surface area contributed by atoms with E-state index in [4.69, 9.17) is 14.2 Å². The summed E-state index contributed by atoms with van der Waals surface area (Å²) in [7, 11) is 8.00. The molecule has 0 aliphatic heterocycles. The summed E-state index contributed by atoms with van der Waals surface area (Å²) in [5.74, 6) is 1.21. The van der Waals surface area contributed by atoms with Gasteiger partial charge in [0.05, 0.1) is 21.3 Å². The van der Waals surface area contributed by atoms with Crippen LogP contribution in [0.3, 0.4) is 0 Å². The predicted molar refractivity (Wildman–Crippen MR) is 115 cm³/mol. The molecule has 0 saturated carbocycles. The Hall–Kier alpha value is -3.13. The second kappa shape index (κ2) is 10.4. The number of ether oxygens (including phenoxy) is 3. The standard InChI is InChI=1S/C21H24N2O5S/c1-23(2)21(25)29-16-9-7-15(8-10-16)22-19(24)11-6-14-12-17(26-3)20(28-5)18(13-14)27-4/h6-13H,1-5H3,(H,22,24)/b11-6+. The second-order valence-corrected chi connectivity index (χ2v) is 7.09. The normalized spacial score (nSPS) is 10.5. The highest BCUT2D eigenvalue weighted by Crippen LogP contribution is 2.38. The van der Waals surface area contributed by atoms with Crippen molar-refractivity contribution in [1.29, 1.82) is 0 Å². The van der Waals surface area contributed by atoms with Gasteiger partial charge in [0.15, 0.2) is 11.5 Å². The SMILES string of the molecule is COc1cc(/C=C/C(=O)Nc2ccc(SC(=O)N(C)C)cc2)cc(OC)c1OC. The lowest BCUT2D eigenvalue weighted by Crippen LogP contribution is -2.16. The third-order valence-corrected chi connectivity index (χ3v) is 4.85. The Morgan fingerprint density at radius 1 is 0.966 bits per heavy atom. The third-order valence-electron chi connectivity index (χ3n) is 3.81. The Morgan fingerprint density at radius 3 is 2.03 bits per heavy atom. The van der Waals surface area contributed by atoms with Crippen molar-refractivity contribution in [2.45, 2.75) is 4.90 Å². The summed E-state index contributed by atoms with van der Waals surface area (Å²) in [6, 6.07) is 10.6. The van der Waals surface area contributed by atoms with E-state index >= 15 is 0 Å². The number of thioether (sulfide) groups is 1. The van der Waals surface area contributed by atoms with Gasteiger partial charge in [-0.25, -0.2) is 0 Å². The predicted octanol–water partition coefficient (Wildman–Crippen LogP) is 4.14. The zero-order chi connectivity index (χ0) is 21.4. The maximum atomic E-state index is 12.2. The fraction of sp³-hybridized carbons (Fsp3) is 0.238. The summed E-state index contributed by atoms with van der Waals surface area (Å²) in [5, 5.41) is 2.72. The van der Waals surface area contributed by atoms with Crippen molar-refractivity contribution >= 4 is 34.7 Å². The number of nitrogens with one attached hydrogen (secondary N) is 1. The Morgan fingerprint density at radius 2 is 1.55 bits per heavy atom. The number of methoxy groups -OCH3 is 3. The lowest BCUT2D eigenvalue weighted by atomic mass is 10.1. The van der Waals surface area contributed by atoms with Crippen molar-refractivity contribution < 1.29 is 23.8 Å². The van der Waals surface area contributed by atoms with Crippen molar-refractivity contribution in [2.24, 2.45) is 0 Å². The zero-order valence-corrected chi connectivity index (χ0v) is 17.8. The van der Waals surface area contributed by atoms with Gasteiger partial charge < -0.3 is 24.4 Å². The molecule has 0 unspecified atom stereocenters. The highest BCUT2D eigenvalue weighted by Gasteiger charge is 2.12. The molecule has 154 valence electrons. The largest absolute Gasteiger partial charge is 0.493 e. The number of hydrogen-bond acceptors (Lipinski definition) is 6. The van der Waals surface area contributed by atoms with E-state index in [1.165, 1.54) is 32.3 Å². The van der Waals surface area contributed by atoms with Crippen molar-refractivity contribution in [3.8, 4) is 17.2 Å². The van der Waals surface area contributed by atoms with Gasteiger partial charge in [-0.3, -0.25) is 9.59 Å². The van der Waals surface area contributed by atoms with E-state index < -0.39 is 0 Å². The fourth-order valence-corrected chi connectivity index (χ4v) is 3.01. The van der Waals surface area contributed by atoms with Crippen molar-refractivity contribution in [3.05, 3.63) is 48.0 Å². The number of carbonyl (C=O) groups is 2. The van der Waals surface area contributed by atoms with Crippen LogP contribution in [0.2, 0.25) is 0 Å². The number of anilines is 1. The first kappa shape index (κ1) is 22.2. The molecule has 0 heterocycles. The van der Waals surface area contributed by atoms with Gasteiger partial charge in [0.25, 0.3) is 5.24 Å². The van der Waals surface area contributed by atoms with Crippen LogP contribution >= 0.6 is 11.8 Å². The molecule has 2 aromatic rings. The van der Waals surface area contributed by atoms with Gasteiger partial charge in [-0.1, -0.05) is 0 Å². The molecule has 0 aliphatic rings. The molecule has 2 rings (SSSR count). The van der Waals surface area contributed by atoms with Crippen molar-refractivity contribution in [3.63, 3.8) is 0 Å². The van der Waals surface area contributed by atoms with E-state index in [1.54, 1.807) is 56.6 Å². The molecule has 2 amide bonds. The first-order chi connectivity index (χ1) is 13.9. The Balaban J connectivity index is 2.05. The molecule has 0 fully saturated rings. The lowest BCUT2D eigenvalue weighted by Gasteiger charge is -2.12. The molecular formula is C21H24N2O5S. The van der Waals surface area contributed by atoms with E-state index in [0.717, 1.165) is 22.2 Å². The first-order valence-corrected chi connectivity index (χ1v) is 9.47. The zero-order valence-electron chi connectivity index (χ0n) is 17.0. The van der Waals surface area contributed by atoms with Crippen LogP contribution in [0, 0.1) is 0 Å². The molecule has 2 aromatic carbocycles. The number of amides is 2. The summed E-state index contributed by atoms with van der Waals surface area (Å²) in [5.41, 5.74) is 1.36. The van der Waals surface area contributed by atoms with Crippen molar-refractivity contribution in [1.82, 2.24) is 4.90 Å². The monoisotopic (exact) mass is 416 g/mol. The number of hydrogen-bond donors (Lipinski definition) is 1. The fourth-order valence-electron chi connectivity index (χ4n) is 2.35. The molecule has 0 aliphatic carbocycles. The molecule has 0 aromatic heterocycles. The maximum absolute atomic E-state index is 12.2. The summed E-state index contributed by atoms with van der Waals surface area (Å²) in [6.45, 7) is 0. The van der Waals surface area contributed by atoms with Gasteiger partial charge in [0.2, 0.25) is 11.7 Å². The van der Waals surface area contributed by atoms with E-state index in [0.29, 0.717) is 22.9 Å². The van der Waals surface area contributed by atoms with Crippen LogP contribution in [0.5, 0.6) is 17.2 Å². The smallest absolute Gasteiger partial charge is 0.285 e. The number of benzene rings is 2. The molecule has 0 atom stereocenters. The van der Waals surface area contributed by atoms with E-state index in [1.807, 2.05) is 0 Å². The third kappa shape index (κ3) is 6.18. The Kier molecular flexibility index (Phi) is 7.97. The van der Waals surface area contributed by atoms with E-state index in [9.17, 15) is 9.59 Å².